The number of nitrogens with zero attached hydrogens (tertiary/aromatic N) is 3. The molecule has 0 unspecified atom stereocenters. The highest BCUT2D eigenvalue weighted by Gasteiger charge is 2.37. The summed E-state index contributed by atoms with van der Waals surface area (Å²) in [5, 5.41) is 6.06. The smallest absolute Gasteiger partial charge is 0.318 e. The third-order valence-corrected chi connectivity index (χ3v) is 7.68. The Labute approximate surface area is 251 Å². The van der Waals surface area contributed by atoms with Crippen LogP contribution in [0, 0.1) is 0 Å². The van der Waals surface area contributed by atoms with Crippen LogP contribution in [0.3, 0.4) is 0 Å². The largest absolute Gasteiger partial charge is 0.454 e. The van der Waals surface area contributed by atoms with E-state index in [1.54, 1.807) is 6.20 Å². The lowest BCUT2D eigenvalue weighted by Gasteiger charge is -2.27. The number of pyridine rings is 2. The van der Waals surface area contributed by atoms with Crippen LogP contribution in [0.2, 0.25) is 0 Å². The maximum absolute atomic E-state index is 13.6. The van der Waals surface area contributed by atoms with Gasteiger partial charge in [-0.2, -0.15) is 0 Å². The predicted molar refractivity (Wildman–Crippen MR) is 163 cm³/mol. The number of nitrogens with one attached hydrogen (secondary N) is 2. The molecular weight excluding hydrogens is 542 g/mol. The van der Waals surface area contributed by atoms with Crippen molar-refractivity contribution in [3.63, 3.8) is 0 Å². The fourth-order valence-electron chi connectivity index (χ4n) is 5.72. The second kappa shape index (κ2) is 12.1. The van der Waals surface area contributed by atoms with Gasteiger partial charge in [0.15, 0.2) is 11.5 Å². The van der Waals surface area contributed by atoms with Crippen LogP contribution in [-0.2, 0) is 13.1 Å². The third kappa shape index (κ3) is 5.88. The third-order valence-electron chi connectivity index (χ3n) is 7.68. The number of aromatic nitrogens is 2. The molecule has 43 heavy (non-hydrogen) atoms. The van der Waals surface area contributed by atoms with Gasteiger partial charge >= 0.3 is 6.03 Å². The first-order chi connectivity index (χ1) is 20.9. The molecule has 1 atom stereocenters. The number of rotatable bonds is 8. The van der Waals surface area contributed by atoms with Crippen molar-refractivity contribution >= 4 is 11.9 Å². The molecule has 0 saturated heterocycles. The number of hydrogen-bond acceptors (Lipinski definition) is 6. The van der Waals surface area contributed by atoms with Gasteiger partial charge in [0.25, 0.3) is 5.91 Å². The van der Waals surface area contributed by atoms with E-state index in [0.29, 0.717) is 30.3 Å². The quantitative estimate of drug-likeness (QED) is 0.257. The van der Waals surface area contributed by atoms with Crippen molar-refractivity contribution in [2.75, 3.05) is 6.79 Å². The number of urea groups is 1. The fourth-order valence-corrected chi connectivity index (χ4v) is 5.72. The summed E-state index contributed by atoms with van der Waals surface area (Å²) in [5.74, 6) is 1.07. The van der Waals surface area contributed by atoms with Crippen LogP contribution in [0.25, 0.3) is 22.4 Å². The Morgan fingerprint density at radius 3 is 2.60 bits per heavy atom. The number of benzene rings is 2. The van der Waals surface area contributed by atoms with Crippen molar-refractivity contribution in [1.82, 2.24) is 25.5 Å². The summed E-state index contributed by atoms with van der Waals surface area (Å²) in [4.78, 5) is 38.0. The van der Waals surface area contributed by atoms with E-state index in [0.717, 1.165) is 51.9 Å². The van der Waals surface area contributed by atoms with E-state index >= 15 is 0 Å². The van der Waals surface area contributed by atoms with Crippen molar-refractivity contribution in [3.05, 3.63) is 95.4 Å². The molecule has 4 aromatic rings. The number of hydrogen-bond donors (Lipinski definition) is 2. The topological polar surface area (TPSA) is 106 Å². The lowest BCUT2D eigenvalue weighted by molar-refractivity contribution is 0.0945. The number of carbonyl (C=O) groups excluding carboxylic acids is 2. The highest BCUT2D eigenvalue weighted by molar-refractivity contribution is 5.94. The van der Waals surface area contributed by atoms with Gasteiger partial charge in [-0.05, 0) is 67.3 Å². The minimum Gasteiger partial charge on any atom is -0.454 e. The van der Waals surface area contributed by atoms with E-state index in [2.05, 4.69) is 28.6 Å². The Balaban J connectivity index is 1.38. The van der Waals surface area contributed by atoms with Gasteiger partial charge in [-0.3, -0.25) is 9.78 Å². The molecule has 0 bridgehead atoms. The summed E-state index contributed by atoms with van der Waals surface area (Å²) >= 11 is 0. The zero-order chi connectivity index (χ0) is 29.9. The molecule has 0 aliphatic carbocycles. The zero-order valence-electron chi connectivity index (χ0n) is 24.6. The lowest BCUT2D eigenvalue weighted by atomic mass is 9.93. The predicted octanol–water partition coefficient (Wildman–Crippen LogP) is 6.24. The second-order valence-corrected chi connectivity index (χ2v) is 11.2. The number of ether oxygens (including phenoxy) is 2. The van der Waals surface area contributed by atoms with E-state index in [4.69, 9.17) is 14.5 Å². The van der Waals surface area contributed by atoms with Crippen LogP contribution in [0.5, 0.6) is 11.5 Å². The van der Waals surface area contributed by atoms with Crippen LogP contribution in [0.1, 0.15) is 66.8 Å². The minimum atomic E-state index is -0.290. The van der Waals surface area contributed by atoms with Crippen LogP contribution in [-0.4, -0.2) is 39.6 Å². The summed E-state index contributed by atoms with van der Waals surface area (Å²) in [7, 11) is 0. The van der Waals surface area contributed by atoms with E-state index in [9.17, 15) is 9.59 Å². The summed E-state index contributed by atoms with van der Waals surface area (Å²) in [6, 6.07) is 19.2. The summed E-state index contributed by atoms with van der Waals surface area (Å²) < 4.78 is 10.9. The van der Waals surface area contributed by atoms with Crippen molar-refractivity contribution in [1.29, 1.82) is 0 Å². The summed E-state index contributed by atoms with van der Waals surface area (Å²) in [6.07, 6.45) is 5.25. The molecule has 2 N–H and O–H groups in total. The Kier molecular flexibility index (Phi) is 7.96. The molecule has 9 heteroatoms. The molecule has 0 radical (unpaired) electrons. The van der Waals surface area contributed by atoms with Crippen molar-refractivity contribution in [2.45, 2.75) is 58.8 Å². The van der Waals surface area contributed by atoms with Gasteiger partial charge in [-0.1, -0.05) is 43.7 Å². The molecule has 2 aliphatic rings. The van der Waals surface area contributed by atoms with E-state index < -0.39 is 0 Å². The van der Waals surface area contributed by atoms with Crippen LogP contribution < -0.4 is 20.1 Å². The van der Waals surface area contributed by atoms with Crippen LogP contribution in [0.15, 0.2) is 73.1 Å². The number of fused-ring (bicyclic) bond motifs is 2. The highest BCUT2D eigenvalue weighted by atomic mass is 16.7. The van der Waals surface area contributed by atoms with Crippen molar-refractivity contribution in [3.8, 4) is 33.9 Å². The Hall–Kier alpha value is -4.92. The lowest BCUT2D eigenvalue weighted by Crippen LogP contribution is -2.42. The monoisotopic (exact) mass is 577 g/mol. The van der Waals surface area contributed by atoms with Gasteiger partial charge in [0.1, 0.15) is 5.69 Å². The molecule has 2 aliphatic heterocycles. The molecule has 2 aromatic carbocycles. The van der Waals surface area contributed by atoms with Crippen LogP contribution >= 0.6 is 0 Å². The normalized spacial score (nSPS) is 15.0. The SMILES string of the molecule is CCC[C@@H]1c2c(cc(C(=O)NCc3ccc4c(c3)OCO4)nc2-c2cccc(-c3cccnc3)c2)CN1C(=O)NC(C)C. The number of amides is 3. The van der Waals surface area contributed by atoms with Gasteiger partial charge in [0.2, 0.25) is 6.79 Å². The van der Waals surface area contributed by atoms with Gasteiger partial charge in [-0.25, -0.2) is 9.78 Å². The Morgan fingerprint density at radius 1 is 1.00 bits per heavy atom. The molecule has 0 spiro atoms. The first-order valence-corrected chi connectivity index (χ1v) is 14.7. The second-order valence-electron chi connectivity index (χ2n) is 11.2. The Morgan fingerprint density at radius 2 is 1.81 bits per heavy atom. The molecule has 0 saturated carbocycles. The number of carbonyl (C=O) groups is 2. The molecule has 4 heterocycles. The Bertz CT molecular complexity index is 1660. The van der Waals surface area contributed by atoms with Gasteiger partial charge in [-0.15, -0.1) is 0 Å². The van der Waals surface area contributed by atoms with Crippen molar-refractivity contribution in [2.24, 2.45) is 0 Å². The van der Waals surface area contributed by atoms with Crippen LogP contribution in [0.4, 0.5) is 4.79 Å². The highest BCUT2D eigenvalue weighted by Crippen LogP contribution is 2.43. The van der Waals surface area contributed by atoms with E-state index in [1.807, 2.05) is 79.5 Å². The van der Waals surface area contributed by atoms with Gasteiger partial charge in [0, 0.05) is 48.2 Å². The first kappa shape index (κ1) is 28.2. The van der Waals surface area contributed by atoms with E-state index in [-0.39, 0.29) is 30.8 Å². The van der Waals surface area contributed by atoms with E-state index in [1.165, 1.54) is 0 Å². The first-order valence-electron chi connectivity index (χ1n) is 14.7. The molecule has 9 nitrogen and oxygen atoms in total. The molecule has 2 aromatic heterocycles. The zero-order valence-corrected chi connectivity index (χ0v) is 24.6. The maximum Gasteiger partial charge on any atom is 0.318 e. The molecule has 6 rings (SSSR count). The molecule has 0 fully saturated rings. The standard InChI is InChI=1S/C34H35N5O4/c1-4-7-28-31-26(19-39(28)34(41)37-21(2)3)16-27(33(40)36-17-22-11-12-29-30(14-22)43-20-42-29)38-32(31)24-9-5-8-23(15-24)25-10-6-13-35-18-25/h5-6,8-16,18,21,28H,4,7,17,19-20H2,1-3H3,(H,36,40)(H,37,41)/t28-/m1/s1. The summed E-state index contributed by atoms with van der Waals surface area (Å²) in [5.41, 5.74) is 6.72. The summed E-state index contributed by atoms with van der Waals surface area (Å²) in [6.45, 7) is 6.93. The molecule has 220 valence electrons. The maximum atomic E-state index is 13.6. The molecule has 3 amide bonds. The fraction of sp³-hybridized carbons (Fsp3) is 0.294. The average molecular weight is 578 g/mol. The van der Waals surface area contributed by atoms with Gasteiger partial charge < -0.3 is 25.0 Å². The van der Waals surface area contributed by atoms with Crippen molar-refractivity contribution < 1.29 is 19.1 Å². The van der Waals surface area contributed by atoms with Gasteiger partial charge in [0.05, 0.1) is 11.7 Å². The average Bonchev–Trinajstić information content (AvgIpc) is 3.64. The minimum absolute atomic E-state index is 0.00441. The molecular formula is C34H35N5O4.